The van der Waals surface area contributed by atoms with E-state index in [4.69, 9.17) is 10.8 Å². The molecule has 0 aromatic heterocycles. The number of hydrogen-bond acceptors (Lipinski definition) is 4. The van der Waals surface area contributed by atoms with E-state index in [-0.39, 0.29) is 11.5 Å². The van der Waals surface area contributed by atoms with Gasteiger partial charge in [0, 0.05) is 0 Å². The zero-order valence-electron chi connectivity index (χ0n) is 5.73. The van der Waals surface area contributed by atoms with Crippen molar-refractivity contribution in [3.05, 3.63) is 46.5 Å². The van der Waals surface area contributed by atoms with Crippen LogP contribution >= 0.6 is 0 Å². The van der Waals surface area contributed by atoms with Gasteiger partial charge in [-0.1, -0.05) is 6.58 Å². The van der Waals surface area contributed by atoms with E-state index >= 15 is 0 Å². The monoisotopic (exact) mass is 156 g/mol. The zero-order valence-corrected chi connectivity index (χ0v) is 5.73. The Kier molecular flexibility index (Phi) is 3.44. The van der Waals surface area contributed by atoms with Crippen LogP contribution in [0.4, 0.5) is 0 Å². The summed E-state index contributed by atoms with van der Waals surface area (Å²) in [7, 11) is 0. The molecule has 0 aliphatic heterocycles. The number of aliphatic hydroxyl groups is 1. The van der Waals surface area contributed by atoms with Gasteiger partial charge in [-0.2, -0.15) is 0 Å². The summed E-state index contributed by atoms with van der Waals surface area (Å²) in [6.45, 7) is 3.20. The van der Waals surface area contributed by atoms with Crippen molar-refractivity contribution >= 4 is 0 Å². The molecule has 0 rings (SSSR count). The Morgan fingerprint density at radius 1 is 1.73 bits per heavy atom. The SMILES string of the molecule is C=C/C(O)=C\C(=C\N)[N+](=O)[O-]. The predicted molar refractivity (Wildman–Crippen MR) is 40.2 cm³/mol. The summed E-state index contributed by atoms with van der Waals surface area (Å²) in [4.78, 5) is 9.34. The molecule has 0 radical (unpaired) electrons. The van der Waals surface area contributed by atoms with Crippen molar-refractivity contribution < 1.29 is 10.0 Å². The maximum atomic E-state index is 10.0. The van der Waals surface area contributed by atoms with E-state index < -0.39 is 4.92 Å². The molecule has 3 N–H and O–H groups in total. The van der Waals surface area contributed by atoms with Gasteiger partial charge in [0.05, 0.1) is 17.2 Å². The lowest BCUT2D eigenvalue weighted by Gasteiger charge is -1.89. The molecule has 0 saturated heterocycles. The van der Waals surface area contributed by atoms with Gasteiger partial charge in [-0.3, -0.25) is 10.1 Å². The third kappa shape index (κ3) is 3.04. The van der Waals surface area contributed by atoms with Gasteiger partial charge in [0.2, 0.25) is 0 Å². The van der Waals surface area contributed by atoms with Crippen LogP contribution in [0.25, 0.3) is 0 Å². The number of allylic oxidation sites excluding steroid dienone is 2. The Morgan fingerprint density at radius 3 is 2.55 bits per heavy atom. The second kappa shape index (κ2) is 4.10. The van der Waals surface area contributed by atoms with Crippen molar-refractivity contribution in [3.63, 3.8) is 0 Å². The van der Waals surface area contributed by atoms with Crippen molar-refractivity contribution in [2.75, 3.05) is 0 Å². The van der Waals surface area contributed by atoms with E-state index in [0.29, 0.717) is 0 Å². The molecule has 0 aliphatic carbocycles. The average molecular weight is 156 g/mol. The number of hydrogen-bond donors (Lipinski definition) is 2. The zero-order chi connectivity index (χ0) is 8.85. The summed E-state index contributed by atoms with van der Waals surface area (Å²) in [5, 5.41) is 18.8. The Morgan fingerprint density at radius 2 is 2.27 bits per heavy atom. The molecule has 0 saturated carbocycles. The topological polar surface area (TPSA) is 89.4 Å². The van der Waals surface area contributed by atoms with Crippen LogP contribution < -0.4 is 5.73 Å². The highest BCUT2D eigenvalue weighted by Gasteiger charge is 2.05. The molecule has 0 fully saturated rings. The highest BCUT2D eigenvalue weighted by molar-refractivity contribution is 5.18. The summed E-state index contributed by atoms with van der Waals surface area (Å²) in [5.74, 6) is -0.293. The molecule has 0 spiro atoms. The van der Waals surface area contributed by atoms with Gasteiger partial charge in [-0.25, -0.2) is 0 Å². The lowest BCUT2D eigenvalue weighted by atomic mass is 10.4. The van der Waals surface area contributed by atoms with Crippen molar-refractivity contribution in [2.24, 2.45) is 5.73 Å². The van der Waals surface area contributed by atoms with E-state index in [9.17, 15) is 10.1 Å². The molecular weight excluding hydrogens is 148 g/mol. The first-order valence-corrected chi connectivity index (χ1v) is 2.71. The van der Waals surface area contributed by atoms with E-state index in [1.165, 1.54) is 0 Å². The third-order valence-corrected chi connectivity index (χ3v) is 0.886. The molecule has 0 unspecified atom stereocenters. The number of nitrogens with two attached hydrogens (primary N) is 1. The van der Waals surface area contributed by atoms with Crippen molar-refractivity contribution in [1.82, 2.24) is 0 Å². The average Bonchev–Trinajstić information content (AvgIpc) is 1.99. The molecule has 11 heavy (non-hydrogen) atoms. The van der Waals surface area contributed by atoms with Gasteiger partial charge in [-0.05, 0) is 6.08 Å². The minimum atomic E-state index is -0.709. The lowest BCUT2D eigenvalue weighted by Crippen LogP contribution is -1.99. The van der Waals surface area contributed by atoms with Crippen LogP contribution in [0.3, 0.4) is 0 Å². The molecule has 0 aliphatic rings. The molecule has 5 nitrogen and oxygen atoms in total. The largest absolute Gasteiger partial charge is 0.508 e. The van der Waals surface area contributed by atoms with Gasteiger partial charge in [0.15, 0.2) is 0 Å². The smallest absolute Gasteiger partial charge is 0.288 e. The van der Waals surface area contributed by atoms with Crippen LogP contribution in [0.2, 0.25) is 0 Å². The highest BCUT2D eigenvalue weighted by Crippen LogP contribution is 1.99. The molecule has 0 atom stereocenters. The van der Waals surface area contributed by atoms with E-state index in [2.05, 4.69) is 6.58 Å². The number of nitrogens with zero attached hydrogens (tertiary/aromatic N) is 1. The fraction of sp³-hybridized carbons (Fsp3) is 0. The minimum absolute atomic E-state index is 0.293. The summed E-state index contributed by atoms with van der Waals surface area (Å²) in [5.41, 5.74) is 4.51. The predicted octanol–water partition coefficient (Wildman–Crippen LogP) is 0.691. The van der Waals surface area contributed by atoms with Crippen LogP contribution in [0.5, 0.6) is 0 Å². The molecular formula is C6H8N2O3. The standard InChI is InChI=1S/C6H8N2O3/c1-2-6(9)3-5(4-7)8(10)11/h2-4,9H,1,7H2/b5-4-,6-3+. The lowest BCUT2D eigenvalue weighted by molar-refractivity contribution is -0.419. The van der Waals surface area contributed by atoms with E-state index in [0.717, 1.165) is 18.4 Å². The molecule has 0 aromatic carbocycles. The summed E-state index contributed by atoms with van der Waals surface area (Å²) >= 11 is 0. The second-order valence-corrected chi connectivity index (χ2v) is 1.62. The molecule has 5 heteroatoms. The second-order valence-electron chi connectivity index (χ2n) is 1.62. The molecule has 0 heterocycles. The van der Waals surface area contributed by atoms with Gasteiger partial charge in [0.25, 0.3) is 5.70 Å². The van der Waals surface area contributed by atoms with Crippen molar-refractivity contribution in [3.8, 4) is 0 Å². The van der Waals surface area contributed by atoms with Crippen molar-refractivity contribution in [1.29, 1.82) is 0 Å². The quantitative estimate of drug-likeness (QED) is 0.272. The van der Waals surface area contributed by atoms with Gasteiger partial charge in [-0.15, -0.1) is 0 Å². The summed E-state index contributed by atoms with van der Waals surface area (Å²) < 4.78 is 0. The highest BCUT2D eigenvalue weighted by atomic mass is 16.6. The Hall–Kier alpha value is -1.78. The Balaban J connectivity index is 4.57. The molecule has 0 amide bonds. The Labute approximate surface area is 63.3 Å². The van der Waals surface area contributed by atoms with Crippen molar-refractivity contribution in [2.45, 2.75) is 0 Å². The minimum Gasteiger partial charge on any atom is -0.508 e. The third-order valence-electron chi connectivity index (χ3n) is 0.886. The number of nitro groups is 1. The summed E-state index contributed by atoms with van der Waals surface area (Å²) in [6, 6.07) is 0. The van der Waals surface area contributed by atoms with Gasteiger partial charge in [0.1, 0.15) is 5.76 Å². The first kappa shape index (κ1) is 9.22. The fourth-order valence-electron chi connectivity index (χ4n) is 0.372. The molecule has 0 aromatic rings. The van der Waals surface area contributed by atoms with Gasteiger partial charge < -0.3 is 10.8 Å². The van der Waals surface area contributed by atoms with Gasteiger partial charge >= 0.3 is 0 Å². The van der Waals surface area contributed by atoms with Crippen LogP contribution in [0.1, 0.15) is 0 Å². The maximum absolute atomic E-state index is 10.0. The van der Waals surface area contributed by atoms with Crippen LogP contribution in [-0.4, -0.2) is 10.0 Å². The normalized spacial score (nSPS) is 12.7. The van der Waals surface area contributed by atoms with Crippen LogP contribution in [0.15, 0.2) is 36.4 Å². The summed E-state index contributed by atoms with van der Waals surface area (Å²) in [6.07, 6.45) is 2.78. The maximum Gasteiger partial charge on any atom is 0.288 e. The Bertz CT molecular complexity index is 230. The van der Waals surface area contributed by atoms with E-state index in [1.807, 2.05) is 0 Å². The molecule has 0 bridgehead atoms. The number of aliphatic hydroxyl groups excluding tert-OH is 1. The number of rotatable bonds is 3. The fourth-order valence-corrected chi connectivity index (χ4v) is 0.372. The van der Waals surface area contributed by atoms with Crippen LogP contribution in [-0.2, 0) is 0 Å². The van der Waals surface area contributed by atoms with E-state index in [1.54, 1.807) is 0 Å². The first-order valence-electron chi connectivity index (χ1n) is 2.71. The van der Waals surface area contributed by atoms with Crippen LogP contribution in [0, 0.1) is 10.1 Å². The first-order chi connectivity index (χ1) is 5.11. The molecule has 60 valence electrons.